The number of ether oxygens (including phenoxy) is 1. The molecule has 0 aliphatic carbocycles. The van der Waals surface area contributed by atoms with Crippen molar-refractivity contribution in [2.75, 3.05) is 5.32 Å². The van der Waals surface area contributed by atoms with Gasteiger partial charge in [-0.25, -0.2) is 4.68 Å². The molecule has 1 fully saturated rings. The number of benzene rings is 2. The van der Waals surface area contributed by atoms with Gasteiger partial charge in [0.1, 0.15) is 30.3 Å². The van der Waals surface area contributed by atoms with E-state index in [1.165, 1.54) is 4.68 Å². The topological polar surface area (TPSA) is 110 Å². The standard InChI is InChI=1S/C21H18N6O3S/c28-19(22-15-4-2-1-3-5-15)12-27-11-16(25-26-27)13-30-17-8-6-14(7-9-17)10-18-20(29)24-21(31)23-18/h1-11H,12-13H2,(H,22,28)(H2,23,24,29,31). The number of carbonyl (C=O) groups is 2. The molecule has 3 aromatic rings. The Morgan fingerprint density at radius 2 is 1.90 bits per heavy atom. The van der Waals surface area contributed by atoms with Gasteiger partial charge in [-0.15, -0.1) is 5.10 Å². The number of nitrogens with one attached hydrogen (secondary N) is 3. The summed E-state index contributed by atoms with van der Waals surface area (Å²) < 4.78 is 7.17. The first-order valence-corrected chi connectivity index (χ1v) is 9.77. The van der Waals surface area contributed by atoms with Gasteiger partial charge in [0, 0.05) is 5.69 Å². The largest absolute Gasteiger partial charge is 0.487 e. The van der Waals surface area contributed by atoms with Crippen LogP contribution in [-0.4, -0.2) is 31.9 Å². The van der Waals surface area contributed by atoms with E-state index in [0.29, 0.717) is 22.3 Å². The maximum absolute atomic E-state index is 12.1. The summed E-state index contributed by atoms with van der Waals surface area (Å²) in [4.78, 5) is 23.8. The van der Waals surface area contributed by atoms with Crippen LogP contribution in [0, 0.1) is 0 Å². The van der Waals surface area contributed by atoms with Crippen molar-refractivity contribution >= 4 is 40.9 Å². The Morgan fingerprint density at radius 1 is 1.13 bits per heavy atom. The molecule has 0 spiro atoms. The number of rotatable bonds is 7. The van der Waals surface area contributed by atoms with Crippen LogP contribution in [0.4, 0.5) is 5.69 Å². The summed E-state index contributed by atoms with van der Waals surface area (Å²) in [5, 5.41) is 16.4. The molecule has 1 saturated heterocycles. The van der Waals surface area contributed by atoms with E-state index < -0.39 is 0 Å². The summed E-state index contributed by atoms with van der Waals surface area (Å²) in [7, 11) is 0. The first kappa shape index (κ1) is 20.2. The van der Waals surface area contributed by atoms with Crippen molar-refractivity contribution in [3.63, 3.8) is 0 Å². The van der Waals surface area contributed by atoms with Crippen LogP contribution in [0.15, 0.2) is 66.5 Å². The minimum absolute atomic E-state index is 0.0519. The van der Waals surface area contributed by atoms with Crippen molar-refractivity contribution in [2.24, 2.45) is 0 Å². The summed E-state index contributed by atoms with van der Waals surface area (Å²) in [6.45, 7) is 0.259. The highest BCUT2D eigenvalue weighted by Crippen LogP contribution is 2.16. The molecule has 2 aromatic carbocycles. The highest BCUT2D eigenvalue weighted by molar-refractivity contribution is 7.80. The number of amides is 2. The molecule has 4 rings (SSSR count). The van der Waals surface area contributed by atoms with Crippen LogP contribution in [0.1, 0.15) is 11.3 Å². The van der Waals surface area contributed by atoms with Gasteiger partial charge in [0.2, 0.25) is 5.91 Å². The fraction of sp³-hybridized carbons (Fsp3) is 0.0952. The Hall–Kier alpha value is -4.05. The van der Waals surface area contributed by atoms with Gasteiger partial charge in [-0.1, -0.05) is 35.5 Å². The highest BCUT2D eigenvalue weighted by Gasteiger charge is 2.19. The second-order valence-electron chi connectivity index (χ2n) is 6.65. The molecule has 3 N–H and O–H groups in total. The average Bonchev–Trinajstić information content (AvgIpc) is 3.33. The number of carbonyl (C=O) groups excluding carboxylic acids is 2. The molecule has 0 atom stereocenters. The molecule has 9 nitrogen and oxygen atoms in total. The van der Waals surface area contributed by atoms with Crippen molar-refractivity contribution in [1.29, 1.82) is 0 Å². The molecular formula is C21H18N6O3S. The second-order valence-corrected chi connectivity index (χ2v) is 7.05. The Labute approximate surface area is 183 Å². The SMILES string of the molecule is O=C(Cn1cc(COc2ccc(C=C3NC(=S)NC3=O)cc2)nn1)Nc1ccccc1. The van der Waals surface area contributed by atoms with Crippen molar-refractivity contribution < 1.29 is 14.3 Å². The number of nitrogens with zero attached hydrogens (tertiary/aromatic N) is 3. The lowest BCUT2D eigenvalue weighted by Crippen LogP contribution is -2.21. The van der Waals surface area contributed by atoms with Crippen LogP contribution in [0.5, 0.6) is 5.75 Å². The van der Waals surface area contributed by atoms with E-state index in [0.717, 1.165) is 11.3 Å². The number of thiocarbonyl (C=S) groups is 1. The first-order chi connectivity index (χ1) is 15.0. The lowest BCUT2D eigenvalue weighted by Gasteiger charge is -2.05. The van der Waals surface area contributed by atoms with E-state index in [9.17, 15) is 9.59 Å². The number of para-hydroxylation sites is 1. The third-order valence-electron chi connectivity index (χ3n) is 4.25. The van der Waals surface area contributed by atoms with Crippen molar-refractivity contribution in [3.8, 4) is 5.75 Å². The zero-order valence-corrected chi connectivity index (χ0v) is 17.1. The third kappa shape index (κ3) is 5.52. The lowest BCUT2D eigenvalue weighted by atomic mass is 10.2. The first-order valence-electron chi connectivity index (χ1n) is 9.36. The molecule has 1 aliphatic heterocycles. The van der Waals surface area contributed by atoms with Gasteiger partial charge in [-0.2, -0.15) is 0 Å². The molecule has 0 saturated carbocycles. The minimum Gasteiger partial charge on any atom is -0.487 e. The monoisotopic (exact) mass is 434 g/mol. The molecule has 0 unspecified atom stereocenters. The van der Waals surface area contributed by atoms with Gasteiger partial charge in [0.05, 0.1) is 6.20 Å². The van der Waals surface area contributed by atoms with Gasteiger partial charge >= 0.3 is 0 Å². The molecule has 1 aromatic heterocycles. The van der Waals surface area contributed by atoms with Gasteiger partial charge < -0.3 is 15.4 Å². The van der Waals surface area contributed by atoms with Crippen LogP contribution in [0.2, 0.25) is 0 Å². The number of hydrogen-bond acceptors (Lipinski definition) is 6. The van der Waals surface area contributed by atoms with E-state index in [-0.39, 0.29) is 25.0 Å². The molecule has 2 amide bonds. The molecule has 10 heteroatoms. The summed E-state index contributed by atoms with van der Waals surface area (Å²) in [5.41, 5.74) is 2.54. The number of aromatic nitrogens is 3. The van der Waals surface area contributed by atoms with Crippen LogP contribution in [0.25, 0.3) is 6.08 Å². The molecule has 0 bridgehead atoms. The lowest BCUT2D eigenvalue weighted by molar-refractivity contribution is -0.117. The van der Waals surface area contributed by atoms with E-state index in [1.807, 2.05) is 42.5 Å². The normalized spacial score (nSPS) is 14.3. The van der Waals surface area contributed by atoms with Crippen molar-refractivity contribution in [1.82, 2.24) is 25.6 Å². The van der Waals surface area contributed by atoms with E-state index in [4.69, 9.17) is 17.0 Å². The molecule has 31 heavy (non-hydrogen) atoms. The van der Waals surface area contributed by atoms with E-state index in [1.54, 1.807) is 24.4 Å². The summed E-state index contributed by atoms with van der Waals surface area (Å²) >= 11 is 4.91. The molecule has 0 radical (unpaired) electrons. The third-order valence-corrected chi connectivity index (χ3v) is 4.45. The van der Waals surface area contributed by atoms with Gasteiger partial charge in [0.25, 0.3) is 5.91 Å². The van der Waals surface area contributed by atoms with Gasteiger partial charge in [-0.05, 0) is 48.1 Å². The summed E-state index contributed by atoms with van der Waals surface area (Å²) in [6, 6.07) is 16.4. The van der Waals surface area contributed by atoms with Crippen molar-refractivity contribution in [3.05, 3.63) is 77.7 Å². The maximum Gasteiger partial charge on any atom is 0.273 e. The molecular weight excluding hydrogens is 416 g/mol. The Bertz CT molecular complexity index is 1140. The number of hydrogen-bond donors (Lipinski definition) is 3. The number of anilines is 1. The van der Waals surface area contributed by atoms with E-state index >= 15 is 0 Å². The Kier molecular flexibility index (Phi) is 5.99. The van der Waals surface area contributed by atoms with Gasteiger partial charge in [-0.3, -0.25) is 14.9 Å². The van der Waals surface area contributed by atoms with Crippen LogP contribution >= 0.6 is 12.2 Å². The maximum atomic E-state index is 12.1. The second kappa shape index (κ2) is 9.18. The Balaban J connectivity index is 1.28. The zero-order chi connectivity index (χ0) is 21.6. The van der Waals surface area contributed by atoms with Crippen LogP contribution in [-0.2, 0) is 22.7 Å². The highest BCUT2D eigenvalue weighted by atomic mass is 32.1. The summed E-state index contributed by atoms with van der Waals surface area (Å²) in [6.07, 6.45) is 3.36. The zero-order valence-electron chi connectivity index (χ0n) is 16.2. The van der Waals surface area contributed by atoms with Crippen LogP contribution < -0.4 is 20.7 Å². The smallest absolute Gasteiger partial charge is 0.273 e. The van der Waals surface area contributed by atoms with Crippen molar-refractivity contribution in [2.45, 2.75) is 13.2 Å². The summed E-state index contributed by atoms with van der Waals surface area (Å²) in [5.74, 6) is 0.184. The quantitative estimate of drug-likeness (QED) is 0.384. The predicted molar refractivity (Wildman–Crippen MR) is 118 cm³/mol. The minimum atomic E-state index is -0.258. The van der Waals surface area contributed by atoms with Crippen LogP contribution in [0.3, 0.4) is 0 Å². The predicted octanol–water partition coefficient (Wildman–Crippen LogP) is 1.84. The molecule has 1 aliphatic rings. The average molecular weight is 434 g/mol. The fourth-order valence-corrected chi connectivity index (χ4v) is 3.02. The fourth-order valence-electron chi connectivity index (χ4n) is 2.82. The van der Waals surface area contributed by atoms with E-state index in [2.05, 4.69) is 26.3 Å². The van der Waals surface area contributed by atoms with Gasteiger partial charge in [0.15, 0.2) is 5.11 Å². The molecule has 2 heterocycles. The molecule has 156 valence electrons. The Morgan fingerprint density at radius 3 is 2.61 bits per heavy atom.